The minimum absolute atomic E-state index is 0.111. The van der Waals surface area contributed by atoms with E-state index in [0.29, 0.717) is 23.0 Å². The molecule has 1 heterocycles. The first-order valence-corrected chi connectivity index (χ1v) is 11.1. The van der Waals surface area contributed by atoms with Crippen LogP contribution in [0.15, 0.2) is 68.3 Å². The number of hydrogen-bond acceptors (Lipinski definition) is 4. The van der Waals surface area contributed by atoms with Crippen molar-refractivity contribution in [2.45, 2.75) is 13.0 Å². The van der Waals surface area contributed by atoms with Crippen molar-refractivity contribution in [3.05, 3.63) is 96.3 Å². The molecule has 5 nitrogen and oxygen atoms in total. The number of ether oxygens (including phenoxy) is 2. The number of benzene rings is 2. The molecule has 31 heavy (non-hydrogen) atoms. The van der Waals surface area contributed by atoms with Crippen molar-refractivity contribution < 1.29 is 14.3 Å². The molecule has 0 radical (unpaired) electrons. The highest BCUT2D eigenvalue weighted by molar-refractivity contribution is 9.11. The lowest BCUT2D eigenvalue weighted by molar-refractivity contribution is 0.0600. The molecule has 0 saturated carbocycles. The Balaban J connectivity index is 1.88. The van der Waals surface area contributed by atoms with Crippen LogP contribution in [0.25, 0.3) is 12.2 Å². The van der Waals surface area contributed by atoms with Gasteiger partial charge in [-0.1, -0.05) is 30.3 Å². The monoisotopic (exact) mass is 545 g/mol. The SMILES string of the molecule is COC(=O)c1ccc(CCn2c(/C=C/c3cccc(OC)c3)c(Br)cc(Br)c2=O)cc1. The van der Waals surface area contributed by atoms with Crippen molar-refractivity contribution in [3.8, 4) is 5.75 Å². The van der Waals surface area contributed by atoms with Crippen molar-refractivity contribution in [2.24, 2.45) is 0 Å². The van der Waals surface area contributed by atoms with Gasteiger partial charge in [0.1, 0.15) is 5.75 Å². The third-order valence-electron chi connectivity index (χ3n) is 4.76. The van der Waals surface area contributed by atoms with E-state index in [1.807, 2.05) is 48.6 Å². The molecule has 7 heteroatoms. The molecule has 0 aliphatic rings. The van der Waals surface area contributed by atoms with Crippen LogP contribution in [0.4, 0.5) is 0 Å². The van der Waals surface area contributed by atoms with Crippen molar-refractivity contribution in [3.63, 3.8) is 0 Å². The van der Waals surface area contributed by atoms with Gasteiger partial charge in [0.05, 0.1) is 29.9 Å². The summed E-state index contributed by atoms with van der Waals surface area (Å²) >= 11 is 6.93. The quantitative estimate of drug-likeness (QED) is 0.363. The Hall–Kier alpha value is -2.64. The van der Waals surface area contributed by atoms with Crippen LogP contribution >= 0.6 is 31.9 Å². The number of hydrogen-bond donors (Lipinski definition) is 0. The van der Waals surface area contributed by atoms with Gasteiger partial charge in [-0.05, 0) is 85.8 Å². The first kappa shape index (κ1) is 23.0. The fourth-order valence-corrected chi connectivity index (χ4v) is 4.42. The van der Waals surface area contributed by atoms with Crippen molar-refractivity contribution in [2.75, 3.05) is 14.2 Å². The van der Waals surface area contributed by atoms with Gasteiger partial charge in [0, 0.05) is 11.0 Å². The molecule has 0 aliphatic carbocycles. The van der Waals surface area contributed by atoms with Gasteiger partial charge >= 0.3 is 5.97 Å². The number of pyridine rings is 1. The van der Waals surface area contributed by atoms with Gasteiger partial charge in [-0.15, -0.1) is 0 Å². The van der Waals surface area contributed by atoms with E-state index in [1.165, 1.54) is 7.11 Å². The molecule has 0 amide bonds. The predicted octanol–water partition coefficient (Wildman–Crippen LogP) is 5.58. The molecule has 3 aromatic rings. The van der Waals surface area contributed by atoms with Crippen LogP contribution in [-0.4, -0.2) is 24.8 Å². The van der Waals surface area contributed by atoms with E-state index in [4.69, 9.17) is 9.47 Å². The van der Waals surface area contributed by atoms with Crippen LogP contribution in [0, 0.1) is 0 Å². The second kappa shape index (κ2) is 10.6. The molecule has 0 unspecified atom stereocenters. The van der Waals surface area contributed by atoms with Gasteiger partial charge in [0.2, 0.25) is 0 Å². The molecule has 2 aromatic carbocycles. The number of methoxy groups -OCH3 is 2. The standard InChI is InChI=1S/C24H21Br2NO4/c1-30-19-5-3-4-17(14-19)8-11-22-20(25)15-21(26)23(28)27(22)13-12-16-6-9-18(10-7-16)24(29)31-2/h3-11,14-15H,12-13H2,1-2H3/b11-8+. The van der Waals surface area contributed by atoms with Crippen molar-refractivity contribution in [1.29, 1.82) is 0 Å². The van der Waals surface area contributed by atoms with Crippen LogP contribution in [0.1, 0.15) is 27.2 Å². The number of nitrogens with zero attached hydrogens (tertiary/aromatic N) is 1. The largest absolute Gasteiger partial charge is 0.497 e. The number of carbonyl (C=O) groups is 1. The van der Waals surface area contributed by atoms with Crippen LogP contribution in [0.2, 0.25) is 0 Å². The van der Waals surface area contributed by atoms with Crippen LogP contribution < -0.4 is 10.3 Å². The third kappa shape index (κ3) is 5.74. The summed E-state index contributed by atoms with van der Waals surface area (Å²) in [6.07, 6.45) is 4.48. The summed E-state index contributed by atoms with van der Waals surface area (Å²) < 4.78 is 13.0. The molecule has 160 valence electrons. The first-order valence-electron chi connectivity index (χ1n) is 9.51. The third-order valence-corrected chi connectivity index (χ3v) is 5.97. The molecule has 0 aliphatic heterocycles. The molecular weight excluding hydrogens is 526 g/mol. The summed E-state index contributed by atoms with van der Waals surface area (Å²) in [4.78, 5) is 24.4. The minimum atomic E-state index is -0.372. The molecular formula is C24H21Br2NO4. The zero-order valence-corrected chi connectivity index (χ0v) is 20.3. The molecule has 0 atom stereocenters. The van der Waals surface area contributed by atoms with Crippen molar-refractivity contribution in [1.82, 2.24) is 4.57 Å². The van der Waals surface area contributed by atoms with E-state index in [0.717, 1.165) is 27.0 Å². The van der Waals surface area contributed by atoms with Gasteiger partial charge in [-0.25, -0.2) is 4.79 Å². The summed E-state index contributed by atoms with van der Waals surface area (Å²) in [5, 5.41) is 0. The van der Waals surface area contributed by atoms with Gasteiger partial charge < -0.3 is 14.0 Å². The Kier molecular flexibility index (Phi) is 7.87. The summed E-state index contributed by atoms with van der Waals surface area (Å²) in [5.74, 6) is 0.397. The molecule has 0 saturated heterocycles. The molecule has 0 N–H and O–H groups in total. The second-order valence-corrected chi connectivity index (χ2v) is 8.44. The molecule has 1 aromatic heterocycles. The average Bonchev–Trinajstić information content (AvgIpc) is 2.79. The number of aromatic nitrogens is 1. The maximum atomic E-state index is 12.8. The Morgan fingerprint density at radius 2 is 1.74 bits per heavy atom. The normalized spacial score (nSPS) is 11.0. The zero-order chi connectivity index (χ0) is 22.4. The highest BCUT2D eigenvalue weighted by atomic mass is 79.9. The van der Waals surface area contributed by atoms with Gasteiger partial charge in [0.15, 0.2) is 0 Å². The smallest absolute Gasteiger partial charge is 0.337 e. The fraction of sp³-hybridized carbons (Fsp3) is 0.167. The van der Waals surface area contributed by atoms with Crippen LogP contribution in [0.3, 0.4) is 0 Å². The average molecular weight is 547 g/mol. The van der Waals surface area contributed by atoms with E-state index < -0.39 is 0 Å². The Labute approximate surface area is 197 Å². The lowest BCUT2D eigenvalue weighted by Gasteiger charge is -2.13. The summed E-state index contributed by atoms with van der Waals surface area (Å²) in [7, 11) is 2.98. The van der Waals surface area contributed by atoms with E-state index in [-0.39, 0.29) is 11.5 Å². The highest BCUT2D eigenvalue weighted by Gasteiger charge is 2.11. The predicted molar refractivity (Wildman–Crippen MR) is 130 cm³/mol. The minimum Gasteiger partial charge on any atom is -0.497 e. The second-order valence-electron chi connectivity index (χ2n) is 6.73. The van der Waals surface area contributed by atoms with E-state index in [1.54, 1.807) is 29.9 Å². The summed E-state index contributed by atoms with van der Waals surface area (Å²) in [5.41, 5.74) is 3.13. The molecule has 3 rings (SSSR count). The number of rotatable bonds is 7. The van der Waals surface area contributed by atoms with Crippen molar-refractivity contribution >= 4 is 50.0 Å². The molecule has 0 spiro atoms. The maximum Gasteiger partial charge on any atom is 0.337 e. The topological polar surface area (TPSA) is 57.5 Å². The van der Waals surface area contributed by atoms with Gasteiger partial charge in [0.25, 0.3) is 5.56 Å². The molecule has 0 fully saturated rings. The summed E-state index contributed by atoms with van der Waals surface area (Å²) in [6, 6.07) is 16.6. The van der Waals surface area contributed by atoms with E-state index >= 15 is 0 Å². The highest BCUT2D eigenvalue weighted by Crippen LogP contribution is 2.23. The zero-order valence-electron chi connectivity index (χ0n) is 17.1. The lowest BCUT2D eigenvalue weighted by Crippen LogP contribution is -2.24. The Morgan fingerprint density at radius 1 is 1.00 bits per heavy atom. The summed E-state index contributed by atoms with van der Waals surface area (Å²) in [6.45, 7) is 0.478. The van der Waals surface area contributed by atoms with Crippen LogP contribution in [0.5, 0.6) is 5.75 Å². The van der Waals surface area contributed by atoms with Gasteiger partial charge in [-0.2, -0.15) is 0 Å². The Morgan fingerprint density at radius 3 is 2.42 bits per heavy atom. The maximum absolute atomic E-state index is 12.8. The number of halogens is 2. The first-order chi connectivity index (χ1) is 14.9. The molecule has 0 bridgehead atoms. The Bertz CT molecular complexity index is 1170. The number of esters is 1. The van der Waals surface area contributed by atoms with E-state index in [2.05, 4.69) is 31.9 Å². The van der Waals surface area contributed by atoms with Crippen LogP contribution in [-0.2, 0) is 17.7 Å². The number of carbonyl (C=O) groups excluding carboxylic acids is 1. The van der Waals surface area contributed by atoms with E-state index in [9.17, 15) is 9.59 Å². The lowest BCUT2D eigenvalue weighted by atomic mass is 10.1. The van der Waals surface area contributed by atoms with Gasteiger partial charge in [-0.3, -0.25) is 4.79 Å². The fourth-order valence-electron chi connectivity index (χ4n) is 3.09. The number of aryl methyl sites for hydroxylation is 1.